The summed E-state index contributed by atoms with van der Waals surface area (Å²) < 4.78 is 33.3. The Morgan fingerprint density at radius 3 is 1.55 bits per heavy atom. The molecule has 0 spiro atoms. The molecular weight excluding hydrogens is 709 g/mol. The topological polar surface area (TPSA) is 117 Å². The van der Waals surface area contributed by atoms with Crippen LogP contribution in [-0.4, -0.2) is 49.9 Å². The summed E-state index contributed by atoms with van der Waals surface area (Å²) in [6, 6.07) is 0. The highest BCUT2D eigenvalue weighted by molar-refractivity contribution is 7.47. The van der Waals surface area contributed by atoms with Gasteiger partial charge in [-0.3, -0.25) is 13.8 Å². The number of nitrogens with two attached hydrogens (primary N) is 1. The first-order chi connectivity index (χ1) is 26.9. The largest absolute Gasteiger partial charge is 0.472 e. The van der Waals surface area contributed by atoms with Crippen molar-refractivity contribution in [2.45, 2.75) is 155 Å². The fourth-order valence-corrected chi connectivity index (χ4v) is 5.92. The third-order valence-electron chi connectivity index (χ3n) is 8.22. The standard InChI is InChI=1S/C46H78NO7P/c1-3-5-7-9-11-13-15-16-17-18-19-20-21-22-23-24-25-26-27-28-29-30-32-34-36-38-41-51-43-45(44-53-55(49,50)52-42-40-47)54-46(48)39-37-35-33-31-14-12-10-8-6-4-2/h5,7-8,10-11,13,16-17,19-20,22-23,25-26,28-29,45H,3-4,6,9,12,14-15,18,21,24,27,30-44,47H2,1-2H3,(H,49,50)/b7-5-,10-8-,13-11-,17-16-,20-19-,23-22-,26-25-,29-28-. The van der Waals surface area contributed by atoms with E-state index in [1.54, 1.807) is 0 Å². The van der Waals surface area contributed by atoms with Crippen LogP contribution in [0.1, 0.15) is 149 Å². The Labute approximate surface area is 336 Å². The van der Waals surface area contributed by atoms with Gasteiger partial charge in [0.2, 0.25) is 0 Å². The molecule has 0 fully saturated rings. The number of carbonyl (C=O) groups is 1. The van der Waals surface area contributed by atoms with Gasteiger partial charge in [0, 0.05) is 19.6 Å². The lowest BCUT2D eigenvalue weighted by Crippen LogP contribution is -2.28. The van der Waals surface area contributed by atoms with Gasteiger partial charge < -0.3 is 20.1 Å². The molecule has 0 amide bonds. The van der Waals surface area contributed by atoms with Gasteiger partial charge in [0.15, 0.2) is 0 Å². The van der Waals surface area contributed by atoms with Crippen LogP contribution in [0.4, 0.5) is 0 Å². The molecule has 0 aliphatic carbocycles. The molecule has 8 nitrogen and oxygen atoms in total. The number of carbonyl (C=O) groups excluding carboxylic acids is 1. The molecule has 0 saturated carbocycles. The van der Waals surface area contributed by atoms with Crippen LogP contribution in [0.2, 0.25) is 0 Å². The normalized spacial score (nSPS) is 14.5. The van der Waals surface area contributed by atoms with Crippen molar-refractivity contribution in [3.63, 3.8) is 0 Å². The number of phosphoric acid groups is 1. The minimum absolute atomic E-state index is 0.0888. The van der Waals surface area contributed by atoms with Crippen LogP contribution in [0, 0.1) is 0 Å². The smallest absolute Gasteiger partial charge is 0.457 e. The van der Waals surface area contributed by atoms with Crippen molar-refractivity contribution in [1.82, 2.24) is 0 Å². The summed E-state index contributed by atoms with van der Waals surface area (Å²) in [5, 5.41) is 0. The number of ether oxygens (including phenoxy) is 2. The molecule has 9 heteroatoms. The Balaban J connectivity index is 4.07. The third-order valence-corrected chi connectivity index (χ3v) is 9.20. The van der Waals surface area contributed by atoms with Gasteiger partial charge in [-0.15, -0.1) is 0 Å². The number of phosphoric ester groups is 1. The van der Waals surface area contributed by atoms with Gasteiger partial charge in [-0.25, -0.2) is 4.57 Å². The van der Waals surface area contributed by atoms with Crippen LogP contribution in [0.15, 0.2) is 97.2 Å². The van der Waals surface area contributed by atoms with Gasteiger partial charge in [0.25, 0.3) is 0 Å². The molecule has 0 heterocycles. The number of hydrogen-bond donors (Lipinski definition) is 2. The predicted octanol–water partition coefficient (Wildman–Crippen LogP) is 12.7. The van der Waals surface area contributed by atoms with Crippen LogP contribution >= 0.6 is 7.82 Å². The van der Waals surface area contributed by atoms with Crippen molar-refractivity contribution in [3.05, 3.63) is 97.2 Å². The van der Waals surface area contributed by atoms with E-state index in [9.17, 15) is 14.3 Å². The first-order valence-corrected chi connectivity index (χ1v) is 22.7. The zero-order valence-corrected chi connectivity index (χ0v) is 35.5. The summed E-state index contributed by atoms with van der Waals surface area (Å²) in [4.78, 5) is 22.4. The summed E-state index contributed by atoms with van der Waals surface area (Å²) in [6.07, 6.45) is 55.8. The maximum Gasteiger partial charge on any atom is 0.472 e. The van der Waals surface area contributed by atoms with Crippen molar-refractivity contribution < 1.29 is 32.8 Å². The number of hydrogen-bond acceptors (Lipinski definition) is 7. The fraction of sp³-hybridized carbons (Fsp3) is 0.630. The van der Waals surface area contributed by atoms with Crippen molar-refractivity contribution in [2.24, 2.45) is 5.73 Å². The maximum absolute atomic E-state index is 12.5. The number of esters is 1. The molecule has 0 aromatic carbocycles. The minimum Gasteiger partial charge on any atom is -0.457 e. The van der Waals surface area contributed by atoms with Crippen molar-refractivity contribution in [1.29, 1.82) is 0 Å². The molecule has 0 rings (SSSR count). The second kappa shape index (κ2) is 42.6. The van der Waals surface area contributed by atoms with Crippen LogP contribution < -0.4 is 5.73 Å². The Morgan fingerprint density at radius 1 is 0.564 bits per heavy atom. The Kier molecular flexibility index (Phi) is 40.6. The highest BCUT2D eigenvalue weighted by Crippen LogP contribution is 2.43. The lowest BCUT2D eigenvalue weighted by Gasteiger charge is -2.20. The summed E-state index contributed by atoms with van der Waals surface area (Å²) in [7, 11) is -4.29. The van der Waals surface area contributed by atoms with E-state index in [2.05, 4.69) is 111 Å². The average Bonchev–Trinajstić information content (AvgIpc) is 3.17. The number of rotatable bonds is 39. The van der Waals surface area contributed by atoms with Crippen molar-refractivity contribution in [2.75, 3.05) is 33.0 Å². The summed E-state index contributed by atoms with van der Waals surface area (Å²) >= 11 is 0. The van der Waals surface area contributed by atoms with Gasteiger partial charge in [-0.2, -0.15) is 0 Å². The molecule has 0 aromatic heterocycles. The van der Waals surface area contributed by atoms with Crippen LogP contribution in [0.3, 0.4) is 0 Å². The molecule has 2 atom stereocenters. The molecule has 0 radical (unpaired) electrons. The van der Waals surface area contributed by atoms with Gasteiger partial charge in [-0.05, 0) is 89.9 Å². The number of unbranched alkanes of at least 4 members (excludes halogenated alkanes) is 10. The second-order valence-electron chi connectivity index (χ2n) is 13.5. The zero-order valence-electron chi connectivity index (χ0n) is 34.6. The first kappa shape index (κ1) is 52.4. The molecule has 3 N–H and O–H groups in total. The predicted molar refractivity (Wildman–Crippen MR) is 233 cm³/mol. The van der Waals surface area contributed by atoms with Crippen LogP contribution in [0.5, 0.6) is 0 Å². The van der Waals surface area contributed by atoms with E-state index in [4.69, 9.17) is 24.3 Å². The molecule has 2 unspecified atom stereocenters. The Hall–Kier alpha value is -2.58. The van der Waals surface area contributed by atoms with Gasteiger partial charge in [0.05, 0.1) is 19.8 Å². The van der Waals surface area contributed by atoms with E-state index in [-0.39, 0.29) is 32.3 Å². The Bertz CT molecular complexity index is 1150. The van der Waals surface area contributed by atoms with E-state index >= 15 is 0 Å². The van der Waals surface area contributed by atoms with Gasteiger partial charge in [-0.1, -0.05) is 150 Å². The highest BCUT2D eigenvalue weighted by atomic mass is 31.2. The highest BCUT2D eigenvalue weighted by Gasteiger charge is 2.25. The van der Waals surface area contributed by atoms with Crippen LogP contribution in [0.25, 0.3) is 0 Å². The average molecular weight is 788 g/mol. The molecule has 0 aliphatic heterocycles. The Morgan fingerprint density at radius 2 is 1.02 bits per heavy atom. The number of allylic oxidation sites excluding steroid dienone is 16. The van der Waals surface area contributed by atoms with E-state index < -0.39 is 13.9 Å². The molecule has 0 aliphatic rings. The summed E-state index contributed by atoms with van der Waals surface area (Å²) in [6.45, 7) is 4.63. The summed E-state index contributed by atoms with van der Waals surface area (Å²) in [5.41, 5.74) is 5.35. The van der Waals surface area contributed by atoms with Crippen molar-refractivity contribution in [3.8, 4) is 0 Å². The fourth-order valence-electron chi connectivity index (χ4n) is 5.15. The second-order valence-corrected chi connectivity index (χ2v) is 14.9. The molecule has 0 saturated heterocycles. The molecule has 0 aromatic rings. The van der Waals surface area contributed by atoms with E-state index in [0.29, 0.717) is 13.0 Å². The summed E-state index contributed by atoms with van der Waals surface area (Å²) in [5.74, 6) is -0.357. The van der Waals surface area contributed by atoms with E-state index in [0.717, 1.165) is 122 Å². The lowest BCUT2D eigenvalue weighted by molar-refractivity contribution is -0.154. The van der Waals surface area contributed by atoms with Gasteiger partial charge in [0.1, 0.15) is 6.10 Å². The van der Waals surface area contributed by atoms with Crippen molar-refractivity contribution >= 4 is 13.8 Å². The monoisotopic (exact) mass is 788 g/mol. The molecule has 0 bridgehead atoms. The van der Waals surface area contributed by atoms with E-state index in [1.807, 2.05) is 0 Å². The third kappa shape index (κ3) is 42.4. The van der Waals surface area contributed by atoms with E-state index in [1.165, 1.54) is 6.42 Å². The van der Waals surface area contributed by atoms with Gasteiger partial charge >= 0.3 is 13.8 Å². The first-order valence-electron chi connectivity index (χ1n) is 21.2. The molecule has 314 valence electrons. The maximum atomic E-state index is 12.5. The molecule has 55 heavy (non-hydrogen) atoms. The minimum atomic E-state index is -4.29. The SMILES string of the molecule is CC/C=C\C/C=C\C/C=C\C/C=C\C/C=C\C/C=C\C/C=C\CCCCCCOCC(COP(=O)(O)OCCN)OC(=O)CCCCCCC/C=C\CCC. The zero-order chi connectivity index (χ0) is 40.2. The van der Waals surface area contributed by atoms with Crippen LogP contribution in [-0.2, 0) is 27.9 Å². The quantitative estimate of drug-likeness (QED) is 0.0274. The molecular formula is C46H78NO7P. The lowest BCUT2D eigenvalue weighted by atomic mass is 10.1.